The molecule has 0 bridgehead atoms. The van der Waals surface area contributed by atoms with Crippen LogP contribution in [-0.4, -0.2) is 38.8 Å². The normalized spacial score (nSPS) is 11.7. The zero-order valence-corrected chi connectivity index (χ0v) is 12.8. The number of carbonyl (C=O) groups excluding carboxylic acids is 1. The molecule has 1 aromatic carbocycles. The van der Waals surface area contributed by atoms with E-state index in [2.05, 4.69) is 5.32 Å². The standard InChI is InChI=1S/C12H16ClFN2O3S/c1-9(17)15-7-4-8-16(2)20(18,19)12-10(13)5-3-6-11(12)14/h3,5-6H,4,7-8H2,1-2H3,(H,15,17). The lowest BCUT2D eigenvalue weighted by molar-refractivity contribution is -0.118. The van der Waals surface area contributed by atoms with Crippen molar-refractivity contribution in [1.29, 1.82) is 0 Å². The van der Waals surface area contributed by atoms with Crippen molar-refractivity contribution in [3.8, 4) is 0 Å². The van der Waals surface area contributed by atoms with Gasteiger partial charge in [0.25, 0.3) is 0 Å². The van der Waals surface area contributed by atoms with E-state index in [0.29, 0.717) is 13.0 Å². The Balaban J connectivity index is 2.80. The van der Waals surface area contributed by atoms with Crippen molar-refractivity contribution in [2.75, 3.05) is 20.1 Å². The monoisotopic (exact) mass is 322 g/mol. The van der Waals surface area contributed by atoms with Gasteiger partial charge in [0.1, 0.15) is 10.7 Å². The molecular formula is C12H16ClFN2O3S. The predicted molar refractivity (Wildman–Crippen MR) is 74.5 cm³/mol. The van der Waals surface area contributed by atoms with E-state index in [1.54, 1.807) is 0 Å². The number of hydrogen-bond acceptors (Lipinski definition) is 3. The first-order chi connectivity index (χ1) is 9.26. The molecule has 0 spiro atoms. The highest BCUT2D eigenvalue weighted by atomic mass is 35.5. The molecule has 112 valence electrons. The molecule has 8 heteroatoms. The maximum Gasteiger partial charge on any atom is 0.247 e. The highest BCUT2D eigenvalue weighted by Crippen LogP contribution is 2.26. The quantitative estimate of drug-likeness (QED) is 0.809. The number of nitrogens with one attached hydrogen (secondary N) is 1. The smallest absolute Gasteiger partial charge is 0.247 e. The Hall–Kier alpha value is -1.18. The van der Waals surface area contributed by atoms with E-state index < -0.39 is 20.7 Å². The average Bonchev–Trinajstić information content (AvgIpc) is 2.33. The molecule has 0 radical (unpaired) electrons. The summed E-state index contributed by atoms with van der Waals surface area (Å²) in [7, 11) is -2.65. The van der Waals surface area contributed by atoms with E-state index in [1.165, 1.54) is 26.1 Å². The number of carbonyl (C=O) groups is 1. The van der Waals surface area contributed by atoms with Crippen LogP contribution in [0.5, 0.6) is 0 Å². The number of sulfonamides is 1. The van der Waals surface area contributed by atoms with Gasteiger partial charge in [0.2, 0.25) is 15.9 Å². The van der Waals surface area contributed by atoms with Gasteiger partial charge in [-0.1, -0.05) is 17.7 Å². The number of rotatable bonds is 6. The third-order valence-corrected chi connectivity index (χ3v) is 4.97. The highest BCUT2D eigenvalue weighted by molar-refractivity contribution is 7.89. The van der Waals surface area contributed by atoms with Gasteiger partial charge >= 0.3 is 0 Å². The molecule has 0 fully saturated rings. The van der Waals surface area contributed by atoms with Crippen molar-refractivity contribution in [2.24, 2.45) is 0 Å². The summed E-state index contributed by atoms with van der Waals surface area (Å²) >= 11 is 5.76. The van der Waals surface area contributed by atoms with Crippen LogP contribution in [0.25, 0.3) is 0 Å². The summed E-state index contributed by atoms with van der Waals surface area (Å²) in [5.74, 6) is -1.07. The van der Waals surface area contributed by atoms with Crippen LogP contribution in [0.15, 0.2) is 23.1 Å². The van der Waals surface area contributed by atoms with Crippen LogP contribution in [0.4, 0.5) is 4.39 Å². The fourth-order valence-corrected chi connectivity index (χ4v) is 3.34. The first-order valence-electron chi connectivity index (χ1n) is 5.91. The van der Waals surface area contributed by atoms with Gasteiger partial charge in [-0.25, -0.2) is 17.1 Å². The minimum Gasteiger partial charge on any atom is -0.356 e. The van der Waals surface area contributed by atoms with Gasteiger partial charge in [-0.05, 0) is 18.6 Å². The Labute approximate surface area is 122 Å². The summed E-state index contributed by atoms with van der Waals surface area (Å²) < 4.78 is 39.1. The largest absolute Gasteiger partial charge is 0.356 e. The SMILES string of the molecule is CC(=O)NCCCN(C)S(=O)(=O)c1c(F)cccc1Cl. The Bertz CT molecular complexity index is 572. The van der Waals surface area contributed by atoms with Crippen LogP contribution in [-0.2, 0) is 14.8 Å². The Kier molecular flexibility index (Phi) is 5.91. The number of benzene rings is 1. The van der Waals surface area contributed by atoms with E-state index in [0.717, 1.165) is 10.4 Å². The predicted octanol–water partition coefficient (Wildman–Crippen LogP) is 1.63. The van der Waals surface area contributed by atoms with Gasteiger partial charge in [0.05, 0.1) is 5.02 Å². The summed E-state index contributed by atoms with van der Waals surface area (Å²) in [6, 6.07) is 3.71. The Morgan fingerprint density at radius 2 is 2.10 bits per heavy atom. The van der Waals surface area contributed by atoms with Gasteiger partial charge in [0, 0.05) is 27.1 Å². The van der Waals surface area contributed by atoms with Gasteiger partial charge < -0.3 is 5.32 Å². The van der Waals surface area contributed by atoms with Crippen LogP contribution in [0.2, 0.25) is 5.02 Å². The van der Waals surface area contributed by atoms with Crippen molar-refractivity contribution in [1.82, 2.24) is 9.62 Å². The van der Waals surface area contributed by atoms with Crippen LogP contribution in [0, 0.1) is 5.82 Å². The van der Waals surface area contributed by atoms with E-state index >= 15 is 0 Å². The lowest BCUT2D eigenvalue weighted by Crippen LogP contribution is -2.31. The number of nitrogens with zero attached hydrogens (tertiary/aromatic N) is 1. The molecule has 5 nitrogen and oxygen atoms in total. The van der Waals surface area contributed by atoms with Crippen LogP contribution in [0.1, 0.15) is 13.3 Å². The average molecular weight is 323 g/mol. The molecule has 0 saturated carbocycles. The molecule has 0 saturated heterocycles. The lowest BCUT2D eigenvalue weighted by atomic mass is 10.3. The van der Waals surface area contributed by atoms with Crippen LogP contribution in [0.3, 0.4) is 0 Å². The number of amides is 1. The first-order valence-corrected chi connectivity index (χ1v) is 7.73. The van der Waals surface area contributed by atoms with Crippen molar-refractivity contribution < 1.29 is 17.6 Å². The summed E-state index contributed by atoms with van der Waals surface area (Å²) in [6.45, 7) is 1.87. The van der Waals surface area contributed by atoms with Gasteiger partial charge in [-0.3, -0.25) is 4.79 Å². The maximum atomic E-state index is 13.7. The molecule has 0 aliphatic rings. The molecule has 20 heavy (non-hydrogen) atoms. The summed E-state index contributed by atoms with van der Waals surface area (Å²) in [5, 5.41) is 2.40. The maximum absolute atomic E-state index is 13.7. The van der Waals surface area contributed by atoms with Crippen molar-refractivity contribution in [3.05, 3.63) is 29.0 Å². The summed E-state index contributed by atoms with van der Waals surface area (Å²) in [4.78, 5) is 10.2. The second-order valence-corrected chi connectivity index (χ2v) is 6.60. The zero-order chi connectivity index (χ0) is 15.3. The molecule has 0 unspecified atom stereocenters. The molecule has 0 aliphatic carbocycles. The lowest BCUT2D eigenvalue weighted by Gasteiger charge is -2.18. The molecular weight excluding hydrogens is 307 g/mol. The Morgan fingerprint density at radius 3 is 2.65 bits per heavy atom. The second kappa shape index (κ2) is 7.01. The molecule has 0 aliphatic heterocycles. The number of halogens is 2. The van der Waals surface area contributed by atoms with Gasteiger partial charge in [0.15, 0.2) is 0 Å². The summed E-state index contributed by atoms with van der Waals surface area (Å²) in [5.41, 5.74) is 0. The molecule has 0 atom stereocenters. The zero-order valence-electron chi connectivity index (χ0n) is 11.2. The molecule has 1 rings (SSSR count). The summed E-state index contributed by atoms with van der Waals surface area (Å²) in [6.07, 6.45) is 0.418. The third kappa shape index (κ3) is 4.16. The Morgan fingerprint density at radius 1 is 1.45 bits per heavy atom. The van der Waals surface area contributed by atoms with E-state index in [9.17, 15) is 17.6 Å². The molecule has 0 aromatic heterocycles. The van der Waals surface area contributed by atoms with Gasteiger partial charge in [-0.15, -0.1) is 0 Å². The van der Waals surface area contributed by atoms with Crippen LogP contribution < -0.4 is 5.32 Å². The second-order valence-electron chi connectivity index (χ2n) is 4.21. The van der Waals surface area contributed by atoms with Gasteiger partial charge in [-0.2, -0.15) is 0 Å². The van der Waals surface area contributed by atoms with E-state index in [1.807, 2.05) is 0 Å². The van der Waals surface area contributed by atoms with Crippen molar-refractivity contribution >= 4 is 27.5 Å². The minimum absolute atomic E-state index is 0.146. The molecule has 0 heterocycles. The molecule has 1 aromatic rings. The fourth-order valence-electron chi connectivity index (χ4n) is 1.57. The molecule has 1 N–H and O–H groups in total. The molecule has 1 amide bonds. The van der Waals surface area contributed by atoms with E-state index in [-0.39, 0.29) is 17.5 Å². The van der Waals surface area contributed by atoms with Crippen LogP contribution >= 0.6 is 11.6 Å². The third-order valence-electron chi connectivity index (χ3n) is 2.61. The fraction of sp³-hybridized carbons (Fsp3) is 0.417. The van der Waals surface area contributed by atoms with E-state index in [4.69, 9.17) is 11.6 Å². The van der Waals surface area contributed by atoms with Crippen molar-refractivity contribution in [3.63, 3.8) is 0 Å². The minimum atomic E-state index is -3.99. The first kappa shape index (κ1) is 16.9. The topological polar surface area (TPSA) is 66.5 Å². The number of hydrogen-bond donors (Lipinski definition) is 1. The van der Waals surface area contributed by atoms with Crippen molar-refractivity contribution in [2.45, 2.75) is 18.2 Å². The highest BCUT2D eigenvalue weighted by Gasteiger charge is 2.26.